The second-order valence-electron chi connectivity index (χ2n) is 6.03. The Bertz CT molecular complexity index is 510. The summed E-state index contributed by atoms with van der Waals surface area (Å²) in [5, 5.41) is 3.88. The third-order valence-corrected chi connectivity index (χ3v) is 4.66. The van der Waals surface area contributed by atoms with Crippen LogP contribution in [0.1, 0.15) is 19.8 Å². The molecule has 2 fully saturated rings. The van der Waals surface area contributed by atoms with Gasteiger partial charge in [0.2, 0.25) is 0 Å². The number of urea groups is 1. The van der Waals surface area contributed by atoms with Gasteiger partial charge in [-0.15, -0.1) is 0 Å². The van der Waals surface area contributed by atoms with Crippen molar-refractivity contribution in [3.05, 3.63) is 29.3 Å². The van der Waals surface area contributed by atoms with Crippen LogP contribution in [0.25, 0.3) is 0 Å². The molecule has 1 aromatic carbocycles. The smallest absolute Gasteiger partial charge is 0.317 e. The Hall–Kier alpha value is -1.42. The highest BCUT2D eigenvalue weighted by Crippen LogP contribution is 2.32. The molecule has 1 N–H and O–H groups in total. The van der Waals surface area contributed by atoms with Gasteiger partial charge in [0.05, 0.1) is 0 Å². The summed E-state index contributed by atoms with van der Waals surface area (Å²) < 4.78 is 0. The molecule has 114 valence electrons. The number of carbonyl (C=O) groups is 1. The van der Waals surface area contributed by atoms with Crippen LogP contribution >= 0.6 is 11.6 Å². The SMILES string of the molecule is CC(NC(=O)N1CCN(c2cccc(Cl)c2)CC1)C1CC1. The maximum atomic E-state index is 12.2. The summed E-state index contributed by atoms with van der Waals surface area (Å²) in [6.45, 7) is 5.33. The van der Waals surface area contributed by atoms with Gasteiger partial charge in [-0.2, -0.15) is 0 Å². The Morgan fingerprint density at radius 1 is 1.29 bits per heavy atom. The molecule has 3 rings (SSSR count). The lowest BCUT2D eigenvalue weighted by molar-refractivity contribution is 0.190. The molecule has 1 heterocycles. The van der Waals surface area contributed by atoms with Crippen molar-refractivity contribution >= 4 is 23.3 Å². The summed E-state index contributed by atoms with van der Waals surface area (Å²) >= 11 is 6.03. The number of rotatable bonds is 3. The minimum Gasteiger partial charge on any atom is -0.368 e. The highest BCUT2D eigenvalue weighted by molar-refractivity contribution is 6.30. The van der Waals surface area contributed by atoms with Gasteiger partial charge >= 0.3 is 6.03 Å². The predicted molar refractivity (Wildman–Crippen MR) is 86.0 cm³/mol. The van der Waals surface area contributed by atoms with Crippen LogP contribution in [0.4, 0.5) is 10.5 Å². The number of nitrogens with zero attached hydrogens (tertiary/aromatic N) is 2. The van der Waals surface area contributed by atoms with Gasteiger partial charge in [0.1, 0.15) is 0 Å². The Labute approximate surface area is 131 Å². The zero-order valence-corrected chi connectivity index (χ0v) is 13.1. The number of anilines is 1. The number of hydrogen-bond acceptors (Lipinski definition) is 2. The van der Waals surface area contributed by atoms with E-state index in [9.17, 15) is 4.79 Å². The molecular formula is C16H22ClN3O. The fraction of sp³-hybridized carbons (Fsp3) is 0.562. The van der Waals surface area contributed by atoms with Crippen molar-refractivity contribution in [2.75, 3.05) is 31.1 Å². The fourth-order valence-electron chi connectivity index (χ4n) is 2.84. The van der Waals surface area contributed by atoms with Gasteiger partial charge in [0, 0.05) is 42.9 Å². The largest absolute Gasteiger partial charge is 0.368 e. The molecule has 0 radical (unpaired) electrons. The molecule has 2 amide bonds. The third kappa shape index (κ3) is 3.62. The van der Waals surface area contributed by atoms with Gasteiger partial charge in [0.25, 0.3) is 0 Å². The van der Waals surface area contributed by atoms with Crippen molar-refractivity contribution in [1.29, 1.82) is 0 Å². The third-order valence-electron chi connectivity index (χ3n) is 4.42. The molecule has 0 spiro atoms. The molecule has 1 saturated heterocycles. The normalized spacial score (nSPS) is 20.3. The zero-order valence-electron chi connectivity index (χ0n) is 12.4. The van der Waals surface area contributed by atoms with E-state index in [1.165, 1.54) is 12.8 Å². The number of hydrogen-bond donors (Lipinski definition) is 1. The minimum absolute atomic E-state index is 0.0835. The van der Waals surface area contributed by atoms with Crippen LogP contribution in [0.5, 0.6) is 0 Å². The zero-order chi connectivity index (χ0) is 14.8. The summed E-state index contributed by atoms with van der Waals surface area (Å²) in [7, 11) is 0. The van der Waals surface area contributed by atoms with Crippen LogP contribution < -0.4 is 10.2 Å². The standard InChI is InChI=1S/C16H22ClN3O/c1-12(13-5-6-13)18-16(21)20-9-7-19(8-10-20)15-4-2-3-14(17)11-15/h2-4,11-13H,5-10H2,1H3,(H,18,21). The second kappa shape index (κ2) is 6.14. The number of piperazine rings is 1. The van der Waals surface area contributed by atoms with Gasteiger partial charge < -0.3 is 15.1 Å². The first-order chi connectivity index (χ1) is 10.1. The van der Waals surface area contributed by atoms with Crippen LogP contribution in [-0.4, -0.2) is 43.2 Å². The van der Waals surface area contributed by atoms with E-state index in [4.69, 9.17) is 11.6 Å². The molecule has 1 saturated carbocycles. The maximum absolute atomic E-state index is 12.2. The average molecular weight is 308 g/mol. The first-order valence-electron chi connectivity index (χ1n) is 7.69. The van der Waals surface area contributed by atoms with E-state index in [1.54, 1.807) is 0 Å². The topological polar surface area (TPSA) is 35.6 Å². The lowest BCUT2D eigenvalue weighted by Gasteiger charge is -2.36. The number of nitrogens with one attached hydrogen (secondary N) is 1. The molecule has 4 nitrogen and oxygen atoms in total. The molecule has 2 aliphatic rings. The summed E-state index contributed by atoms with van der Waals surface area (Å²) in [5.41, 5.74) is 1.13. The van der Waals surface area contributed by atoms with E-state index in [1.807, 2.05) is 23.1 Å². The van der Waals surface area contributed by atoms with Crippen LogP contribution in [0, 0.1) is 5.92 Å². The van der Waals surface area contributed by atoms with Gasteiger partial charge in [0.15, 0.2) is 0 Å². The molecule has 1 atom stereocenters. The molecule has 1 aromatic rings. The molecular weight excluding hydrogens is 286 g/mol. The van der Waals surface area contributed by atoms with E-state index in [2.05, 4.69) is 23.2 Å². The maximum Gasteiger partial charge on any atom is 0.317 e. The monoisotopic (exact) mass is 307 g/mol. The van der Waals surface area contributed by atoms with Crippen LogP contribution in [0.15, 0.2) is 24.3 Å². The minimum atomic E-state index is 0.0835. The molecule has 1 aliphatic carbocycles. The first kappa shape index (κ1) is 14.5. The summed E-state index contributed by atoms with van der Waals surface area (Å²) in [5.74, 6) is 0.696. The van der Waals surface area contributed by atoms with Crippen molar-refractivity contribution < 1.29 is 4.79 Å². The molecule has 1 aliphatic heterocycles. The highest BCUT2D eigenvalue weighted by Gasteiger charge is 2.30. The predicted octanol–water partition coefficient (Wildman–Crippen LogP) is 2.97. The summed E-state index contributed by atoms with van der Waals surface area (Å²) in [6, 6.07) is 8.29. The van der Waals surface area contributed by atoms with Gasteiger partial charge in [-0.3, -0.25) is 0 Å². The molecule has 0 aromatic heterocycles. The number of carbonyl (C=O) groups excluding carboxylic acids is 1. The molecule has 5 heteroatoms. The Balaban J connectivity index is 1.51. The second-order valence-corrected chi connectivity index (χ2v) is 6.47. The van der Waals surface area contributed by atoms with Crippen molar-refractivity contribution in [3.63, 3.8) is 0 Å². The number of halogens is 1. The van der Waals surface area contributed by atoms with Crippen molar-refractivity contribution in [3.8, 4) is 0 Å². The fourth-order valence-corrected chi connectivity index (χ4v) is 3.03. The van der Waals surface area contributed by atoms with E-state index < -0.39 is 0 Å². The molecule has 0 bridgehead atoms. The Kier molecular flexibility index (Phi) is 4.24. The van der Waals surface area contributed by atoms with Gasteiger partial charge in [-0.05, 0) is 43.9 Å². The quantitative estimate of drug-likeness (QED) is 0.932. The van der Waals surface area contributed by atoms with E-state index in [-0.39, 0.29) is 6.03 Å². The number of amides is 2. The lowest BCUT2D eigenvalue weighted by atomic mass is 10.2. The Morgan fingerprint density at radius 3 is 2.62 bits per heavy atom. The molecule has 1 unspecified atom stereocenters. The lowest BCUT2D eigenvalue weighted by Crippen LogP contribution is -2.53. The summed E-state index contributed by atoms with van der Waals surface area (Å²) in [4.78, 5) is 16.4. The summed E-state index contributed by atoms with van der Waals surface area (Å²) in [6.07, 6.45) is 2.51. The highest BCUT2D eigenvalue weighted by atomic mass is 35.5. The van der Waals surface area contributed by atoms with Gasteiger partial charge in [-0.25, -0.2) is 4.79 Å². The van der Waals surface area contributed by atoms with Gasteiger partial charge in [-0.1, -0.05) is 17.7 Å². The first-order valence-corrected chi connectivity index (χ1v) is 8.07. The van der Waals surface area contributed by atoms with E-state index in [0.717, 1.165) is 36.9 Å². The van der Waals surface area contributed by atoms with Crippen LogP contribution in [0.3, 0.4) is 0 Å². The Morgan fingerprint density at radius 2 is 2.00 bits per heavy atom. The molecule has 21 heavy (non-hydrogen) atoms. The van der Waals surface area contributed by atoms with Crippen molar-refractivity contribution in [1.82, 2.24) is 10.2 Å². The van der Waals surface area contributed by atoms with E-state index >= 15 is 0 Å². The van der Waals surface area contributed by atoms with Crippen molar-refractivity contribution in [2.24, 2.45) is 5.92 Å². The average Bonchev–Trinajstić information content (AvgIpc) is 3.32. The van der Waals surface area contributed by atoms with Crippen LogP contribution in [-0.2, 0) is 0 Å². The number of benzene rings is 1. The van der Waals surface area contributed by atoms with E-state index in [0.29, 0.717) is 12.0 Å². The van der Waals surface area contributed by atoms with Crippen LogP contribution in [0.2, 0.25) is 5.02 Å². The van der Waals surface area contributed by atoms with Crippen molar-refractivity contribution in [2.45, 2.75) is 25.8 Å².